The van der Waals surface area contributed by atoms with Gasteiger partial charge in [0.1, 0.15) is 10.2 Å². The summed E-state index contributed by atoms with van der Waals surface area (Å²) in [6.45, 7) is 0. The first-order valence-electron chi connectivity index (χ1n) is 3.89. The minimum atomic E-state index is 0.471. The van der Waals surface area contributed by atoms with Gasteiger partial charge in [-0.15, -0.1) is 11.3 Å². The SMILES string of the molecule is Nc1ccc(Cl)nc1Sc1cccs1. The number of nitrogens with two attached hydrogens (primary N) is 1. The molecular formula is C9H7ClN2S2. The van der Waals surface area contributed by atoms with Crippen LogP contribution in [0.4, 0.5) is 5.69 Å². The van der Waals surface area contributed by atoms with E-state index in [1.165, 1.54) is 11.8 Å². The molecule has 0 fully saturated rings. The molecule has 2 nitrogen and oxygen atoms in total. The summed E-state index contributed by atoms with van der Waals surface area (Å²) in [6.07, 6.45) is 0. The predicted molar refractivity (Wildman–Crippen MR) is 62.1 cm³/mol. The molecule has 2 aromatic rings. The quantitative estimate of drug-likeness (QED) is 0.819. The van der Waals surface area contributed by atoms with Crippen molar-refractivity contribution in [1.82, 2.24) is 4.98 Å². The van der Waals surface area contributed by atoms with Crippen molar-refractivity contribution >= 4 is 40.4 Å². The number of nitrogen functional groups attached to an aromatic ring is 1. The van der Waals surface area contributed by atoms with Crippen LogP contribution in [0.1, 0.15) is 0 Å². The summed E-state index contributed by atoms with van der Waals surface area (Å²) in [6, 6.07) is 7.48. The highest BCUT2D eigenvalue weighted by Crippen LogP contribution is 2.33. The number of anilines is 1. The Balaban J connectivity index is 2.28. The molecular weight excluding hydrogens is 236 g/mol. The smallest absolute Gasteiger partial charge is 0.130 e. The second-order valence-electron chi connectivity index (χ2n) is 2.56. The molecule has 0 atom stereocenters. The summed E-state index contributed by atoms with van der Waals surface area (Å²) in [7, 11) is 0. The molecule has 0 aliphatic carbocycles. The molecule has 5 heteroatoms. The van der Waals surface area contributed by atoms with Gasteiger partial charge in [-0.2, -0.15) is 0 Å². The van der Waals surface area contributed by atoms with Crippen LogP contribution in [0.2, 0.25) is 5.15 Å². The van der Waals surface area contributed by atoms with Gasteiger partial charge in [0.25, 0.3) is 0 Å². The Hall–Kier alpha value is -0.710. The van der Waals surface area contributed by atoms with Gasteiger partial charge < -0.3 is 5.73 Å². The van der Waals surface area contributed by atoms with Gasteiger partial charge >= 0.3 is 0 Å². The fourth-order valence-electron chi connectivity index (χ4n) is 0.927. The molecule has 0 aliphatic heterocycles. The van der Waals surface area contributed by atoms with E-state index in [2.05, 4.69) is 4.98 Å². The fourth-order valence-corrected chi connectivity index (χ4v) is 2.84. The fraction of sp³-hybridized carbons (Fsp3) is 0. The molecule has 0 aliphatic rings. The summed E-state index contributed by atoms with van der Waals surface area (Å²) in [4.78, 5) is 4.16. The van der Waals surface area contributed by atoms with E-state index in [9.17, 15) is 0 Å². The second-order valence-corrected chi connectivity index (χ2v) is 5.19. The van der Waals surface area contributed by atoms with Crippen molar-refractivity contribution < 1.29 is 0 Å². The lowest BCUT2D eigenvalue weighted by atomic mass is 10.4. The van der Waals surface area contributed by atoms with E-state index in [1.807, 2.05) is 17.5 Å². The highest BCUT2D eigenvalue weighted by atomic mass is 35.5. The zero-order valence-corrected chi connectivity index (χ0v) is 9.49. The van der Waals surface area contributed by atoms with Crippen molar-refractivity contribution in [3.8, 4) is 0 Å². The Morgan fingerprint density at radius 3 is 2.93 bits per heavy atom. The Morgan fingerprint density at radius 1 is 1.36 bits per heavy atom. The molecule has 0 radical (unpaired) electrons. The lowest BCUT2D eigenvalue weighted by molar-refractivity contribution is 1.14. The third-order valence-corrected chi connectivity index (χ3v) is 3.82. The molecule has 2 heterocycles. The Morgan fingerprint density at radius 2 is 2.21 bits per heavy atom. The molecule has 0 aromatic carbocycles. The van der Waals surface area contributed by atoms with Gasteiger partial charge in [-0.3, -0.25) is 0 Å². The van der Waals surface area contributed by atoms with E-state index in [1.54, 1.807) is 23.5 Å². The van der Waals surface area contributed by atoms with E-state index in [0.29, 0.717) is 10.8 Å². The summed E-state index contributed by atoms with van der Waals surface area (Å²) in [5.41, 5.74) is 6.43. The molecule has 0 unspecified atom stereocenters. The minimum absolute atomic E-state index is 0.471. The predicted octanol–water partition coefficient (Wildman–Crippen LogP) is 3.53. The molecule has 2 N–H and O–H groups in total. The molecule has 0 spiro atoms. The second kappa shape index (κ2) is 4.21. The molecule has 0 saturated carbocycles. The number of nitrogens with zero attached hydrogens (tertiary/aromatic N) is 1. The molecule has 2 aromatic heterocycles. The molecule has 0 bridgehead atoms. The molecule has 0 amide bonds. The van der Waals surface area contributed by atoms with E-state index in [4.69, 9.17) is 17.3 Å². The summed E-state index contributed by atoms with van der Waals surface area (Å²) < 4.78 is 1.16. The molecule has 0 saturated heterocycles. The lowest BCUT2D eigenvalue weighted by Crippen LogP contribution is -1.90. The highest BCUT2D eigenvalue weighted by molar-refractivity contribution is 8.01. The Bertz CT molecular complexity index is 428. The van der Waals surface area contributed by atoms with E-state index in [-0.39, 0.29) is 0 Å². The van der Waals surface area contributed by atoms with Crippen LogP contribution in [0.25, 0.3) is 0 Å². The number of thiophene rings is 1. The number of pyridine rings is 1. The number of aromatic nitrogens is 1. The van der Waals surface area contributed by atoms with Crippen molar-refractivity contribution in [3.05, 3.63) is 34.8 Å². The van der Waals surface area contributed by atoms with E-state index in [0.717, 1.165) is 9.24 Å². The number of hydrogen-bond donors (Lipinski definition) is 1. The van der Waals surface area contributed by atoms with Gasteiger partial charge in [-0.05, 0) is 23.6 Å². The monoisotopic (exact) mass is 242 g/mol. The number of hydrogen-bond acceptors (Lipinski definition) is 4. The van der Waals surface area contributed by atoms with Gasteiger partial charge in [0, 0.05) is 0 Å². The highest BCUT2D eigenvalue weighted by Gasteiger charge is 2.04. The summed E-state index contributed by atoms with van der Waals surface area (Å²) in [5, 5.41) is 3.25. The van der Waals surface area contributed by atoms with Crippen molar-refractivity contribution in [1.29, 1.82) is 0 Å². The summed E-state index contributed by atoms with van der Waals surface area (Å²) in [5.74, 6) is 0. The average Bonchev–Trinajstić information content (AvgIpc) is 2.64. The van der Waals surface area contributed by atoms with Gasteiger partial charge in [0.15, 0.2) is 0 Å². The van der Waals surface area contributed by atoms with Crippen LogP contribution in [0.5, 0.6) is 0 Å². The van der Waals surface area contributed by atoms with E-state index < -0.39 is 0 Å². The van der Waals surface area contributed by atoms with Gasteiger partial charge in [-0.1, -0.05) is 29.4 Å². The molecule has 2 rings (SSSR count). The maximum Gasteiger partial charge on any atom is 0.130 e. The lowest BCUT2D eigenvalue weighted by Gasteiger charge is -2.02. The van der Waals surface area contributed by atoms with Crippen molar-refractivity contribution in [3.63, 3.8) is 0 Å². The standard InChI is InChI=1S/C9H7ClN2S2/c10-7-4-3-6(11)9(12-7)14-8-2-1-5-13-8/h1-5H,11H2. The maximum atomic E-state index is 5.78. The first-order valence-corrected chi connectivity index (χ1v) is 5.96. The Kier molecular flexibility index (Phi) is 2.96. The third kappa shape index (κ3) is 2.20. The van der Waals surface area contributed by atoms with Crippen LogP contribution in [0, 0.1) is 0 Å². The zero-order valence-electron chi connectivity index (χ0n) is 7.11. The molecule has 14 heavy (non-hydrogen) atoms. The first-order chi connectivity index (χ1) is 6.75. The van der Waals surface area contributed by atoms with Crippen LogP contribution >= 0.6 is 34.7 Å². The number of rotatable bonds is 2. The van der Waals surface area contributed by atoms with Crippen molar-refractivity contribution in [2.24, 2.45) is 0 Å². The number of halogens is 1. The largest absolute Gasteiger partial charge is 0.397 e. The zero-order chi connectivity index (χ0) is 9.97. The molecule has 72 valence electrons. The minimum Gasteiger partial charge on any atom is -0.397 e. The van der Waals surface area contributed by atoms with E-state index >= 15 is 0 Å². The third-order valence-electron chi connectivity index (χ3n) is 1.55. The summed E-state index contributed by atoms with van der Waals surface area (Å²) >= 11 is 8.97. The normalized spacial score (nSPS) is 10.4. The van der Waals surface area contributed by atoms with Crippen LogP contribution in [-0.2, 0) is 0 Å². The van der Waals surface area contributed by atoms with Crippen molar-refractivity contribution in [2.75, 3.05) is 5.73 Å². The average molecular weight is 243 g/mol. The van der Waals surface area contributed by atoms with Crippen LogP contribution in [0.15, 0.2) is 38.9 Å². The van der Waals surface area contributed by atoms with Gasteiger partial charge in [0.05, 0.1) is 9.90 Å². The van der Waals surface area contributed by atoms with Crippen LogP contribution < -0.4 is 5.73 Å². The van der Waals surface area contributed by atoms with Gasteiger partial charge in [-0.25, -0.2) is 4.98 Å². The van der Waals surface area contributed by atoms with Crippen LogP contribution in [0.3, 0.4) is 0 Å². The topological polar surface area (TPSA) is 38.9 Å². The first kappa shape index (κ1) is 9.83. The van der Waals surface area contributed by atoms with Gasteiger partial charge in [0.2, 0.25) is 0 Å². The van der Waals surface area contributed by atoms with Crippen LogP contribution in [-0.4, -0.2) is 4.98 Å². The van der Waals surface area contributed by atoms with Crippen molar-refractivity contribution in [2.45, 2.75) is 9.24 Å². The Labute approximate surface area is 95.1 Å². The maximum absolute atomic E-state index is 5.78.